The highest BCUT2D eigenvalue weighted by molar-refractivity contribution is 7.18. The predicted octanol–water partition coefficient (Wildman–Crippen LogP) is 7.02. The SMILES string of the molecule is Cc1nc(Nc2ncc(-c3ccccc3)s2)cc(OCCNC(=O)[C@@H]2CN(C(=O)OCC3c4ccccc4-c4ccccc43)CCN2C(=O)OC(C)(C)C)n1. The van der Waals surface area contributed by atoms with E-state index in [4.69, 9.17) is 14.2 Å². The van der Waals surface area contributed by atoms with Gasteiger partial charge in [-0.25, -0.2) is 19.6 Å². The lowest BCUT2D eigenvalue weighted by molar-refractivity contribution is -0.128. The molecular weight excluding hydrogens is 719 g/mol. The number of aromatic nitrogens is 3. The van der Waals surface area contributed by atoms with Crippen LogP contribution in [0.3, 0.4) is 0 Å². The summed E-state index contributed by atoms with van der Waals surface area (Å²) >= 11 is 1.50. The van der Waals surface area contributed by atoms with Crippen molar-refractivity contribution in [2.75, 3.05) is 44.7 Å². The molecule has 1 saturated heterocycles. The molecule has 1 aliphatic heterocycles. The van der Waals surface area contributed by atoms with Gasteiger partial charge in [0.2, 0.25) is 11.8 Å². The number of piperazine rings is 1. The lowest BCUT2D eigenvalue weighted by Gasteiger charge is -2.40. The summed E-state index contributed by atoms with van der Waals surface area (Å²) in [5.74, 6) is 0.767. The second kappa shape index (κ2) is 16.1. The van der Waals surface area contributed by atoms with Crippen LogP contribution >= 0.6 is 11.3 Å². The molecule has 5 aromatic rings. The van der Waals surface area contributed by atoms with Gasteiger partial charge >= 0.3 is 12.2 Å². The molecule has 0 unspecified atom stereocenters. The first-order valence-corrected chi connectivity index (χ1v) is 19.0. The van der Waals surface area contributed by atoms with Gasteiger partial charge in [0.1, 0.15) is 36.5 Å². The Morgan fingerprint density at radius 2 is 1.58 bits per heavy atom. The van der Waals surface area contributed by atoms with E-state index in [1.165, 1.54) is 21.1 Å². The van der Waals surface area contributed by atoms with E-state index < -0.39 is 29.7 Å². The standard InChI is InChI=1S/C41H43N7O6S/c1-26-44-35(46-38-43-23-34(55-38)27-12-6-5-7-13-27)22-36(45-26)52-21-18-42-37(49)33-24-47(19-20-48(33)40(51)54-41(2,3)4)39(50)53-25-32-30-16-10-8-14-28(30)29-15-9-11-17-31(29)32/h5-17,22-23,32-33H,18-21,24-25H2,1-4H3,(H,42,49)(H,43,44,45,46)/t33-/m0/s1. The Balaban J connectivity index is 0.959. The Labute approximate surface area is 323 Å². The molecule has 2 aliphatic rings. The number of hydrogen-bond donors (Lipinski definition) is 2. The van der Waals surface area contributed by atoms with Crippen LogP contribution in [0.2, 0.25) is 0 Å². The molecule has 284 valence electrons. The number of fused-ring (bicyclic) bond motifs is 3. The van der Waals surface area contributed by atoms with E-state index in [2.05, 4.69) is 49.9 Å². The number of aryl methyl sites for hydroxylation is 1. The van der Waals surface area contributed by atoms with Crippen molar-refractivity contribution >= 4 is 40.4 Å². The summed E-state index contributed by atoms with van der Waals surface area (Å²) < 4.78 is 17.4. The van der Waals surface area contributed by atoms with Crippen LogP contribution in [0.5, 0.6) is 5.88 Å². The first-order valence-electron chi connectivity index (χ1n) is 18.2. The van der Waals surface area contributed by atoms with Gasteiger partial charge in [0.15, 0.2) is 5.13 Å². The number of carbonyl (C=O) groups is 3. The highest BCUT2D eigenvalue weighted by atomic mass is 32.1. The summed E-state index contributed by atoms with van der Waals surface area (Å²) in [5.41, 5.74) is 4.77. The van der Waals surface area contributed by atoms with Crippen LogP contribution in [0.25, 0.3) is 21.6 Å². The van der Waals surface area contributed by atoms with E-state index in [-0.39, 0.29) is 45.3 Å². The maximum Gasteiger partial charge on any atom is 0.411 e. The van der Waals surface area contributed by atoms with Crippen LogP contribution in [-0.4, -0.2) is 93.9 Å². The molecule has 0 bridgehead atoms. The van der Waals surface area contributed by atoms with Crippen LogP contribution < -0.4 is 15.4 Å². The third-order valence-electron chi connectivity index (χ3n) is 9.17. The number of ether oxygens (including phenoxy) is 3. The van der Waals surface area contributed by atoms with Crippen molar-refractivity contribution in [3.63, 3.8) is 0 Å². The van der Waals surface area contributed by atoms with Crippen molar-refractivity contribution in [1.82, 2.24) is 30.1 Å². The fourth-order valence-corrected chi connectivity index (χ4v) is 7.53. The predicted molar refractivity (Wildman–Crippen MR) is 209 cm³/mol. The smallest absolute Gasteiger partial charge is 0.411 e. The molecule has 55 heavy (non-hydrogen) atoms. The van der Waals surface area contributed by atoms with Gasteiger partial charge in [-0.3, -0.25) is 9.69 Å². The van der Waals surface area contributed by atoms with E-state index in [1.807, 2.05) is 60.8 Å². The molecule has 7 rings (SSSR count). The number of anilines is 2. The lowest BCUT2D eigenvalue weighted by atomic mass is 9.98. The van der Waals surface area contributed by atoms with Gasteiger partial charge in [-0.05, 0) is 55.5 Å². The quantitative estimate of drug-likeness (QED) is 0.142. The Morgan fingerprint density at radius 1 is 0.891 bits per heavy atom. The minimum atomic E-state index is -1.01. The highest BCUT2D eigenvalue weighted by Crippen LogP contribution is 2.44. The molecule has 3 aromatic carbocycles. The maximum absolute atomic E-state index is 13.7. The summed E-state index contributed by atoms with van der Waals surface area (Å²) in [5, 5.41) is 6.75. The summed E-state index contributed by atoms with van der Waals surface area (Å²) in [7, 11) is 0. The summed E-state index contributed by atoms with van der Waals surface area (Å²) in [6.45, 7) is 7.60. The minimum Gasteiger partial charge on any atom is -0.476 e. The Morgan fingerprint density at radius 3 is 2.29 bits per heavy atom. The van der Waals surface area contributed by atoms with Crippen LogP contribution in [-0.2, 0) is 14.3 Å². The number of hydrogen-bond acceptors (Lipinski definition) is 11. The molecule has 0 saturated carbocycles. The molecule has 3 heterocycles. The maximum atomic E-state index is 13.7. The summed E-state index contributed by atoms with van der Waals surface area (Å²) in [6, 6.07) is 26.9. The van der Waals surface area contributed by atoms with Crippen LogP contribution in [0, 0.1) is 6.92 Å². The zero-order chi connectivity index (χ0) is 38.5. The third-order valence-corrected chi connectivity index (χ3v) is 10.1. The van der Waals surface area contributed by atoms with E-state index in [0.717, 1.165) is 32.7 Å². The number of nitrogens with one attached hydrogen (secondary N) is 2. The number of amides is 3. The highest BCUT2D eigenvalue weighted by Gasteiger charge is 2.40. The molecule has 2 aromatic heterocycles. The van der Waals surface area contributed by atoms with Crippen molar-refractivity contribution in [3.8, 4) is 27.4 Å². The van der Waals surface area contributed by atoms with Gasteiger partial charge < -0.3 is 29.7 Å². The molecule has 1 atom stereocenters. The van der Waals surface area contributed by atoms with Gasteiger partial charge in [0.25, 0.3) is 0 Å². The molecule has 13 nitrogen and oxygen atoms in total. The van der Waals surface area contributed by atoms with Crippen LogP contribution in [0.4, 0.5) is 20.5 Å². The number of carbonyl (C=O) groups excluding carboxylic acids is 3. The number of nitrogens with zero attached hydrogens (tertiary/aromatic N) is 5. The fraction of sp³-hybridized carbons (Fsp3) is 0.317. The van der Waals surface area contributed by atoms with E-state index in [1.54, 1.807) is 33.8 Å². The Hall–Kier alpha value is -6.02. The van der Waals surface area contributed by atoms with Crippen molar-refractivity contribution in [3.05, 3.63) is 108 Å². The van der Waals surface area contributed by atoms with E-state index in [9.17, 15) is 14.4 Å². The molecule has 14 heteroatoms. The normalized spacial score (nSPS) is 15.2. The molecule has 0 spiro atoms. The molecule has 3 amide bonds. The zero-order valence-corrected chi connectivity index (χ0v) is 32.0. The van der Waals surface area contributed by atoms with Crippen LogP contribution in [0.1, 0.15) is 43.6 Å². The number of thiazole rings is 1. The monoisotopic (exact) mass is 761 g/mol. The first kappa shape index (κ1) is 37.3. The third kappa shape index (κ3) is 8.86. The summed E-state index contributed by atoms with van der Waals surface area (Å²) in [6.07, 6.45) is 0.622. The zero-order valence-electron chi connectivity index (χ0n) is 31.2. The van der Waals surface area contributed by atoms with Crippen molar-refractivity contribution in [2.45, 2.75) is 45.3 Å². The molecule has 0 radical (unpaired) electrons. The van der Waals surface area contributed by atoms with Crippen molar-refractivity contribution in [2.24, 2.45) is 0 Å². The second-order valence-corrected chi connectivity index (χ2v) is 15.3. The number of benzene rings is 3. The largest absolute Gasteiger partial charge is 0.476 e. The van der Waals surface area contributed by atoms with Crippen molar-refractivity contribution in [1.29, 1.82) is 0 Å². The average molecular weight is 762 g/mol. The van der Waals surface area contributed by atoms with Gasteiger partial charge in [-0.1, -0.05) is 90.2 Å². The first-order chi connectivity index (χ1) is 26.5. The van der Waals surface area contributed by atoms with Gasteiger partial charge in [0, 0.05) is 31.3 Å². The topological polar surface area (TPSA) is 148 Å². The Kier molecular flexibility index (Phi) is 11.0. The van der Waals surface area contributed by atoms with Crippen LogP contribution in [0.15, 0.2) is 91.1 Å². The van der Waals surface area contributed by atoms with E-state index >= 15 is 0 Å². The van der Waals surface area contributed by atoms with Gasteiger partial charge in [0.05, 0.1) is 18.0 Å². The minimum absolute atomic E-state index is 0.0640. The Bertz CT molecular complexity index is 2130. The van der Waals surface area contributed by atoms with E-state index in [0.29, 0.717) is 22.7 Å². The van der Waals surface area contributed by atoms with Crippen molar-refractivity contribution < 1.29 is 28.6 Å². The van der Waals surface area contributed by atoms with Gasteiger partial charge in [-0.15, -0.1) is 0 Å². The fourth-order valence-electron chi connectivity index (χ4n) is 6.70. The summed E-state index contributed by atoms with van der Waals surface area (Å²) in [4.78, 5) is 57.6. The number of rotatable bonds is 10. The molecular formula is C41H43N7O6S. The molecule has 1 fully saturated rings. The van der Waals surface area contributed by atoms with Gasteiger partial charge in [-0.2, -0.15) is 4.98 Å². The molecule has 2 N–H and O–H groups in total. The second-order valence-electron chi connectivity index (χ2n) is 14.2. The molecule has 1 aliphatic carbocycles. The average Bonchev–Trinajstić information content (AvgIpc) is 3.77. The lowest BCUT2D eigenvalue weighted by Crippen LogP contribution is -2.62.